The predicted octanol–water partition coefficient (Wildman–Crippen LogP) is 3.68. The van der Waals surface area contributed by atoms with Gasteiger partial charge in [0.1, 0.15) is 4.60 Å². The number of halogens is 1. The molecule has 0 saturated carbocycles. The smallest absolute Gasteiger partial charge is 0.106 e. The monoisotopic (exact) mass is 322 g/mol. The zero-order chi connectivity index (χ0) is 12.4. The summed E-state index contributed by atoms with van der Waals surface area (Å²) in [4.78, 5) is 7.47. The molecule has 1 aliphatic rings. The number of fused-ring (bicyclic) bond motifs is 1. The average Bonchev–Trinajstić information content (AvgIpc) is 2.89. The van der Waals surface area contributed by atoms with Gasteiger partial charge in [-0.1, -0.05) is 6.07 Å². The van der Waals surface area contributed by atoms with Crippen molar-refractivity contribution in [2.24, 2.45) is 0 Å². The molecule has 4 heteroatoms. The second-order valence-corrected chi connectivity index (χ2v) is 6.60. The number of hydrogen-bond acceptors (Lipinski definition) is 3. The van der Waals surface area contributed by atoms with Crippen LogP contribution in [0.15, 0.2) is 28.9 Å². The molecule has 0 fully saturated rings. The summed E-state index contributed by atoms with van der Waals surface area (Å²) >= 11 is 5.36. The van der Waals surface area contributed by atoms with Gasteiger partial charge in [0.2, 0.25) is 0 Å². The van der Waals surface area contributed by atoms with Crippen LogP contribution in [0.4, 0.5) is 0 Å². The van der Waals surface area contributed by atoms with E-state index in [0.29, 0.717) is 0 Å². The molecule has 0 aliphatic heterocycles. The van der Waals surface area contributed by atoms with Gasteiger partial charge in [-0.25, -0.2) is 4.98 Å². The molecule has 0 amide bonds. The number of aryl methyl sites for hydroxylation is 2. The molecule has 0 bridgehead atoms. The van der Waals surface area contributed by atoms with Gasteiger partial charge in [-0.2, -0.15) is 0 Å². The van der Waals surface area contributed by atoms with Crippen molar-refractivity contribution < 1.29 is 0 Å². The Labute approximate surface area is 120 Å². The maximum absolute atomic E-state index is 4.41. The minimum Gasteiger partial charge on any atom is -0.306 e. The summed E-state index contributed by atoms with van der Waals surface area (Å²) in [6, 6.07) is 8.39. The number of aromatic nitrogens is 1. The summed E-state index contributed by atoms with van der Waals surface area (Å²) in [5.74, 6) is 0. The molecule has 0 atom stereocenters. The Kier molecular flexibility index (Phi) is 3.77. The maximum atomic E-state index is 4.41. The first-order valence-corrected chi connectivity index (χ1v) is 7.85. The molecule has 3 rings (SSSR count). The maximum Gasteiger partial charge on any atom is 0.106 e. The molecule has 1 N–H and O–H groups in total. The van der Waals surface area contributed by atoms with Crippen molar-refractivity contribution in [2.45, 2.75) is 32.4 Å². The molecule has 2 aromatic rings. The first-order valence-electron chi connectivity index (χ1n) is 6.24. The zero-order valence-electron chi connectivity index (χ0n) is 10.1. The van der Waals surface area contributed by atoms with Crippen molar-refractivity contribution in [1.82, 2.24) is 10.3 Å². The van der Waals surface area contributed by atoms with Crippen LogP contribution in [-0.4, -0.2) is 4.98 Å². The van der Waals surface area contributed by atoms with Crippen LogP contribution in [-0.2, 0) is 25.9 Å². The molecule has 2 heterocycles. The van der Waals surface area contributed by atoms with Gasteiger partial charge in [0, 0.05) is 22.8 Å². The summed E-state index contributed by atoms with van der Waals surface area (Å²) in [6.45, 7) is 1.77. The van der Waals surface area contributed by atoms with E-state index in [2.05, 4.69) is 32.3 Å². The predicted molar refractivity (Wildman–Crippen MR) is 78.8 cm³/mol. The van der Waals surface area contributed by atoms with Gasteiger partial charge < -0.3 is 5.32 Å². The van der Waals surface area contributed by atoms with Gasteiger partial charge >= 0.3 is 0 Å². The van der Waals surface area contributed by atoms with E-state index in [1.165, 1.54) is 24.1 Å². The lowest BCUT2D eigenvalue weighted by molar-refractivity contribution is 0.685. The summed E-state index contributed by atoms with van der Waals surface area (Å²) in [5, 5.41) is 3.46. The van der Waals surface area contributed by atoms with E-state index in [1.54, 1.807) is 10.4 Å². The third-order valence-electron chi connectivity index (χ3n) is 3.18. The highest BCUT2D eigenvalue weighted by atomic mass is 79.9. The lowest BCUT2D eigenvalue weighted by Crippen LogP contribution is -2.12. The van der Waals surface area contributed by atoms with Crippen molar-refractivity contribution in [2.75, 3.05) is 0 Å². The van der Waals surface area contributed by atoms with Gasteiger partial charge in [-0.3, -0.25) is 0 Å². The van der Waals surface area contributed by atoms with E-state index < -0.39 is 0 Å². The molecule has 0 aromatic carbocycles. The molecule has 2 aromatic heterocycles. The molecule has 0 unspecified atom stereocenters. The topological polar surface area (TPSA) is 24.9 Å². The zero-order valence-corrected chi connectivity index (χ0v) is 12.5. The minimum atomic E-state index is 0.821. The van der Waals surface area contributed by atoms with Gasteiger partial charge in [0.25, 0.3) is 0 Å². The van der Waals surface area contributed by atoms with Gasteiger partial charge in [0.15, 0.2) is 0 Å². The first kappa shape index (κ1) is 12.3. The fourth-order valence-corrected chi connectivity index (χ4v) is 3.95. The van der Waals surface area contributed by atoms with E-state index >= 15 is 0 Å². The lowest BCUT2D eigenvalue weighted by atomic mass is 10.2. The number of thiophene rings is 1. The normalized spacial score (nSPS) is 13.8. The number of nitrogens with one attached hydrogen (secondary N) is 1. The highest BCUT2D eigenvalue weighted by molar-refractivity contribution is 9.10. The van der Waals surface area contributed by atoms with E-state index in [4.69, 9.17) is 0 Å². The summed E-state index contributed by atoms with van der Waals surface area (Å²) in [6.07, 6.45) is 3.91. The molecule has 18 heavy (non-hydrogen) atoms. The van der Waals surface area contributed by atoms with E-state index in [0.717, 1.165) is 23.4 Å². The molecule has 1 aliphatic carbocycles. The standard InChI is InChI=1S/C14H15BrN2S/c15-14-6-2-4-11(17-14)8-16-9-12-7-10-3-1-5-13(10)18-12/h2,4,6-7,16H,1,3,5,8-9H2. The number of hydrogen-bond donors (Lipinski definition) is 1. The lowest BCUT2D eigenvalue weighted by Gasteiger charge is -2.03. The summed E-state index contributed by atoms with van der Waals surface area (Å²) < 4.78 is 0.900. The van der Waals surface area contributed by atoms with E-state index in [-0.39, 0.29) is 0 Å². The Hall–Kier alpha value is -0.710. The molecule has 0 spiro atoms. The number of rotatable bonds is 4. The molecule has 2 nitrogen and oxygen atoms in total. The average molecular weight is 323 g/mol. The van der Waals surface area contributed by atoms with Crippen LogP contribution in [0.2, 0.25) is 0 Å². The van der Waals surface area contributed by atoms with Crippen LogP contribution in [0.5, 0.6) is 0 Å². The Morgan fingerprint density at radius 2 is 2.22 bits per heavy atom. The highest BCUT2D eigenvalue weighted by Gasteiger charge is 2.14. The van der Waals surface area contributed by atoms with E-state index in [9.17, 15) is 0 Å². The van der Waals surface area contributed by atoms with Crippen LogP contribution >= 0.6 is 27.3 Å². The SMILES string of the molecule is Brc1cccc(CNCc2cc3c(s2)CCC3)n1. The van der Waals surface area contributed by atoms with Crippen LogP contribution in [0.3, 0.4) is 0 Å². The highest BCUT2D eigenvalue weighted by Crippen LogP contribution is 2.30. The Morgan fingerprint density at radius 1 is 1.28 bits per heavy atom. The van der Waals surface area contributed by atoms with Crippen molar-refractivity contribution in [3.8, 4) is 0 Å². The third-order valence-corrected chi connectivity index (χ3v) is 4.85. The molecule has 0 saturated heterocycles. The largest absolute Gasteiger partial charge is 0.306 e. The van der Waals surface area contributed by atoms with Crippen molar-refractivity contribution >= 4 is 27.3 Å². The number of pyridine rings is 1. The van der Waals surface area contributed by atoms with Crippen LogP contribution < -0.4 is 5.32 Å². The molecule has 94 valence electrons. The van der Waals surface area contributed by atoms with Crippen LogP contribution in [0.1, 0.15) is 27.4 Å². The number of nitrogens with zero attached hydrogens (tertiary/aromatic N) is 1. The van der Waals surface area contributed by atoms with Gasteiger partial charge in [-0.05, 0) is 59.0 Å². The molecular formula is C14H15BrN2S. The quantitative estimate of drug-likeness (QED) is 0.868. The van der Waals surface area contributed by atoms with Gasteiger partial charge in [0.05, 0.1) is 5.69 Å². The fraction of sp³-hybridized carbons (Fsp3) is 0.357. The Balaban J connectivity index is 1.55. The van der Waals surface area contributed by atoms with E-state index in [1.807, 2.05) is 29.5 Å². The van der Waals surface area contributed by atoms with Crippen molar-refractivity contribution in [1.29, 1.82) is 0 Å². The third kappa shape index (κ3) is 2.82. The Morgan fingerprint density at radius 3 is 3.06 bits per heavy atom. The summed E-state index contributed by atoms with van der Waals surface area (Å²) in [5.41, 5.74) is 2.66. The van der Waals surface area contributed by atoms with Crippen LogP contribution in [0.25, 0.3) is 0 Å². The second kappa shape index (κ2) is 5.51. The summed E-state index contributed by atoms with van der Waals surface area (Å²) in [7, 11) is 0. The second-order valence-electron chi connectivity index (χ2n) is 4.57. The minimum absolute atomic E-state index is 0.821. The first-order chi connectivity index (χ1) is 8.81. The Bertz CT molecular complexity index is 529. The van der Waals surface area contributed by atoms with Crippen LogP contribution in [0, 0.1) is 0 Å². The van der Waals surface area contributed by atoms with Crippen molar-refractivity contribution in [3.63, 3.8) is 0 Å². The molecular weight excluding hydrogens is 308 g/mol. The van der Waals surface area contributed by atoms with Gasteiger partial charge in [-0.15, -0.1) is 11.3 Å². The fourth-order valence-electron chi connectivity index (χ4n) is 2.34. The van der Waals surface area contributed by atoms with Crippen molar-refractivity contribution in [3.05, 3.63) is 49.9 Å². The molecule has 0 radical (unpaired) electrons.